The van der Waals surface area contributed by atoms with Gasteiger partial charge in [-0.05, 0) is 41.5 Å². The lowest BCUT2D eigenvalue weighted by Crippen LogP contribution is -1.94. The molecule has 132 valence electrons. The second-order valence-corrected chi connectivity index (χ2v) is 7.99. The van der Waals surface area contributed by atoms with E-state index in [1.54, 1.807) is 29.0 Å². The maximum absolute atomic E-state index is 9.38. The van der Waals surface area contributed by atoms with Crippen LogP contribution in [0.1, 0.15) is 5.56 Å². The highest BCUT2D eigenvalue weighted by Gasteiger charge is 2.11. The molecule has 5 rings (SSSR count). The third-order valence-electron chi connectivity index (χ3n) is 4.32. The second-order valence-electron chi connectivity index (χ2n) is 6.07. The smallest absolute Gasteiger partial charge is 0.142 e. The first-order chi connectivity index (χ1) is 13.3. The van der Waals surface area contributed by atoms with Crippen molar-refractivity contribution in [1.82, 2.24) is 15.0 Å². The Balaban J connectivity index is 1.55. The number of hydrogen-bond acceptors (Lipinski definition) is 7. The van der Waals surface area contributed by atoms with Crippen molar-refractivity contribution < 1.29 is 5.11 Å². The molecule has 0 bridgehead atoms. The molecule has 0 aliphatic heterocycles. The highest BCUT2D eigenvalue weighted by molar-refractivity contribution is 7.22. The molecule has 0 saturated carbocycles. The number of benzene rings is 2. The summed E-state index contributed by atoms with van der Waals surface area (Å²) in [6.45, 7) is 0.0322. The number of fused-ring (bicyclic) bond motifs is 2. The number of hydrogen-bond donors (Lipinski definition) is 2. The van der Waals surface area contributed by atoms with Crippen LogP contribution in [-0.4, -0.2) is 20.1 Å². The quantitative estimate of drug-likeness (QED) is 0.441. The van der Waals surface area contributed by atoms with Gasteiger partial charge in [0.25, 0.3) is 0 Å². The zero-order valence-corrected chi connectivity index (χ0v) is 15.7. The van der Waals surface area contributed by atoms with E-state index in [1.807, 2.05) is 41.9 Å². The Hall–Kier alpha value is -2.87. The Morgan fingerprint density at radius 3 is 2.89 bits per heavy atom. The summed E-state index contributed by atoms with van der Waals surface area (Å²) in [5.74, 6) is 0.774. The van der Waals surface area contributed by atoms with Crippen molar-refractivity contribution in [2.45, 2.75) is 6.61 Å². The van der Waals surface area contributed by atoms with Crippen molar-refractivity contribution >= 4 is 54.6 Å². The summed E-state index contributed by atoms with van der Waals surface area (Å²) < 4.78 is 1.16. The van der Waals surface area contributed by atoms with Gasteiger partial charge < -0.3 is 10.4 Å². The van der Waals surface area contributed by atoms with Gasteiger partial charge in [-0.25, -0.2) is 15.0 Å². The molecule has 2 aromatic carbocycles. The van der Waals surface area contributed by atoms with E-state index in [9.17, 15) is 5.11 Å². The number of aliphatic hydroxyl groups is 1. The van der Waals surface area contributed by atoms with Crippen molar-refractivity contribution in [2.75, 3.05) is 5.32 Å². The second kappa shape index (κ2) is 6.70. The molecule has 7 heteroatoms. The lowest BCUT2D eigenvalue weighted by molar-refractivity contribution is 0.282. The fourth-order valence-corrected chi connectivity index (χ4v) is 4.65. The maximum Gasteiger partial charge on any atom is 0.142 e. The van der Waals surface area contributed by atoms with Crippen molar-refractivity contribution in [3.8, 4) is 10.4 Å². The molecule has 0 amide bonds. The minimum Gasteiger partial charge on any atom is -0.392 e. The van der Waals surface area contributed by atoms with Crippen LogP contribution in [0.2, 0.25) is 0 Å². The molecule has 3 aromatic heterocycles. The average Bonchev–Trinajstić information content (AvgIpc) is 3.35. The van der Waals surface area contributed by atoms with Gasteiger partial charge in [0, 0.05) is 10.6 Å². The number of thiazole rings is 1. The Labute approximate surface area is 163 Å². The van der Waals surface area contributed by atoms with Gasteiger partial charge in [-0.3, -0.25) is 0 Å². The van der Waals surface area contributed by atoms with E-state index in [1.165, 1.54) is 0 Å². The molecule has 0 fully saturated rings. The summed E-state index contributed by atoms with van der Waals surface area (Å²) in [6.07, 6.45) is 1.58. The van der Waals surface area contributed by atoms with E-state index in [2.05, 4.69) is 32.4 Å². The first kappa shape index (κ1) is 16.3. The molecule has 0 saturated heterocycles. The van der Waals surface area contributed by atoms with E-state index in [0.717, 1.165) is 47.9 Å². The SMILES string of the molecule is OCc1cccc(-c2cc3c(Nc4ccc5scnc5c4)ncnc3s2)c1. The van der Waals surface area contributed by atoms with Crippen LogP contribution in [0.25, 0.3) is 30.9 Å². The standard InChI is InChI=1S/C20H14N4OS2/c25-9-12-2-1-3-13(6-12)18-8-15-19(21-10-22-20(15)27-18)24-14-4-5-17-16(7-14)23-11-26-17/h1-8,10-11,25H,9H2,(H,21,22,24). The van der Waals surface area contributed by atoms with Crippen LogP contribution in [0.4, 0.5) is 11.5 Å². The third kappa shape index (κ3) is 3.06. The summed E-state index contributed by atoms with van der Waals surface area (Å²) >= 11 is 3.24. The molecule has 0 spiro atoms. The van der Waals surface area contributed by atoms with Crippen LogP contribution >= 0.6 is 22.7 Å². The fourth-order valence-electron chi connectivity index (χ4n) is 2.99. The van der Waals surface area contributed by atoms with Crippen molar-refractivity contribution in [2.24, 2.45) is 0 Å². The Morgan fingerprint density at radius 2 is 1.96 bits per heavy atom. The monoisotopic (exact) mass is 390 g/mol. The van der Waals surface area contributed by atoms with E-state index in [-0.39, 0.29) is 6.61 Å². The molecule has 5 aromatic rings. The largest absolute Gasteiger partial charge is 0.392 e. The van der Waals surface area contributed by atoms with E-state index in [0.29, 0.717) is 0 Å². The zero-order chi connectivity index (χ0) is 18.2. The number of aliphatic hydroxyl groups excluding tert-OH is 1. The predicted octanol–water partition coefficient (Wildman–Crippen LogP) is 5.20. The van der Waals surface area contributed by atoms with E-state index >= 15 is 0 Å². The molecule has 2 N–H and O–H groups in total. The van der Waals surface area contributed by atoms with Crippen LogP contribution in [0.3, 0.4) is 0 Å². The van der Waals surface area contributed by atoms with Crippen LogP contribution < -0.4 is 5.32 Å². The highest BCUT2D eigenvalue weighted by Crippen LogP contribution is 2.36. The maximum atomic E-state index is 9.38. The minimum absolute atomic E-state index is 0.0322. The molecular formula is C20H14N4OS2. The average molecular weight is 390 g/mol. The summed E-state index contributed by atoms with van der Waals surface area (Å²) in [5.41, 5.74) is 5.74. The summed E-state index contributed by atoms with van der Waals surface area (Å²) in [7, 11) is 0. The molecule has 0 radical (unpaired) electrons. The Kier molecular flexibility index (Phi) is 4.05. The molecule has 5 nitrogen and oxygen atoms in total. The van der Waals surface area contributed by atoms with Gasteiger partial charge in [-0.15, -0.1) is 22.7 Å². The Morgan fingerprint density at radius 1 is 1.00 bits per heavy atom. The van der Waals surface area contributed by atoms with Gasteiger partial charge in [-0.1, -0.05) is 18.2 Å². The lowest BCUT2D eigenvalue weighted by Gasteiger charge is -2.06. The topological polar surface area (TPSA) is 70.9 Å². The van der Waals surface area contributed by atoms with Crippen LogP contribution in [0.15, 0.2) is 60.4 Å². The van der Waals surface area contributed by atoms with E-state index < -0.39 is 0 Å². The van der Waals surface area contributed by atoms with Crippen LogP contribution in [0.5, 0.6) is 0 Å². The highest BCUT2D eigenvalue weighted by atomic mass is 32.1. The minimum atomic E-state index is 0.0322. The normalized spacial score (nSPS) is 11.3. The predicted molar refractivity (Wildman–Crippen MR) is 112 cm³/mol. The molecule has 0 aliphatic rings. The summed E-state index contributed by atoms with van der Waals surface area (Å²) in [4.78, 5) is 15.2. The number of nitrogens with zero attached hydrogens (tertiary/aromatic N) is 3. The Bertz CT molecular complexity index is 1260. The van der Waals surface area contributed by atoms with Gasteiger partial charge in [0.2, 0.25) is 0 Å². The first-order valence-electron chi connectivity index (χ1n) is 8.35. The number of anilines is 2. The fraction of sp³-hybridized carbons (Fsp3) is 0.0500. The summed E-state index contributed by atoms with van der Waals surface area (Å²) in [5, 5.41) is 13.8. The molecular weight excluding hydrogens is 376 g/mol. The van der Waals surface area contributed by atoms with Gasteiger partial charge >= 0.3 is 0 Å². The molecule has 0 atom stereocenters. The third-order valence-corrected chi connectivity index (χ3v) is 6.22. The van der Waals surface area contributed by atoms with Gasteiger partial charge in [0.05, 0.1) is 27.7 Å². The number of rotatable bonds is 4. The number of nitrogens with one attached hydrogen (secondary N) is 1. The molecule has 0 unspecified atom stereocenters. The molecule has 0 aliphatic carbocycles. The molecule has 3 heterocycles. The first-order valence-corrected chi connectivity index (χ1v) is 10.0. The number of thiophene rings is 1. The zero-order valence-electron chi connectivity index (χ0n) is 14.1. The summed E-state index contributed by atoms with van der Waals surface area (Å²) in [6, 6.07) is 16.1. The van der Waals surface area contributed by atoms with Crippen molar-refractivity contribution in [3.05, 3.63) is 65.9 Å². The van der Waals surface area contributed by atoms with Gasteiger partial charge in [0.15, 0.2) is 0 Å². The van der Waals surface area contributed by atoms with Crippen LogP contribution in [-0.2, 0) is 6.61 Å². The van der Waals surface area contributed by atoms with Gasteiger partial charge in [-0.2, -0.15) is 0 Å². The van der Waals surface area contributed by atoms with Crippen molar-refractivity contribution in [1.29, 1.82) is 0 Å². The number of aromatic nitrogens is 3. The van der Waals surface area contributed by atoms with E-state index in [4.69, 9.17) is 0 Å². The lowest BCUT2D eigenvalue weighted by atomic mass is 10.1. The molecule has 27 heavy (non-hydrogen) atoms. The van der Waals surface area contributed by atoms with Crippen LogP contribution in [0, 0.1) is 0 Å². The van der Waals surface area contributed by atoms with Crippen molar-refractivity contribution in [3.63, 3.8) is 0 Å². The van der Waals surface area contributed by atoms with Gasteiger partial charge in [0.1, 0.15) is 17.0 Å².